The van der Waals surface area contributed by atoms with Crippen molar-refractivity contribution in [3.8, 4) is 0 Å². The number of imidazole rings is 1. The molecule has 1 fully saturated rings. The quantitative estimate of drug-likeness (QED) is 0.0173. The van der Waals surface area contributed by atoms with Crippen molar-refractivity contribution in [2.24, 2.45) is 27.9 Å². The lowest BCUT2D eigenvalue weighted by Gasteiger charge is -2.30. The fourth-order valence-corrected chi connectivity index (χ4v) is 7.13. The number of aromatic amines is 1. The molecule has 26 heteroatoms. The van der Waals surface area contributed by atoms with Gasteiger partial charge in [0.25, 0.3) is 0 Å². The van der Waals surface area contributed by atoms with Gasteiger partial charge in [-0.05, 0) is 37.7 Å². The number of thiol groups is 2. The van der Waals surface area contributed by atoms with Gasteiger partial charge in [0.1, 0.15) is 42.8 Å². The lowest BCUT2D eigenvalue weighted by molar-refractivity contribution is -0.141. The van der Waals surface area contributed by atoms with Gasteiger partial charge in [0, 0.05) is 55.7 Å². The number of carbonyl (C=O) groups excluding carboxylic acids is 8. The van der Waals surface area contributed by atoms with Crippen LogP contribution in [-0.4, -0.2) is 153 Å². The van der Waals surface area contributed by atoms with Crippen LogP contribution < -0.4 is 54.8 Å². The summed E-state index contributed by atoms with van der Waals surface area (Å²) < 4.78 is 0. The minimum atomic E-state index is -1.43. The summed E-state index contributed by atoms with van der Waals surface area (Å²) in [4.78, 5) is 130. The predicted molar refractivity (Wildman–Crippen MR) is 241 cm³/mol. The topological polar surface area (TPSA) is 394 Å². The van der Waals surface area contributed by atoms with Gasteiger partial charge < -0.3 is 69.8 Å². The summed E-state index contributed by atoms with van der Waals surface area (Å²) in [5.41, 5.74) is 22.9. The summed E-state index contributed by atoms with van der Waals surface area (Å²) in [5.74, 6) is -7.99. The van der Waals surface area contributed by atoms with Crippen LogP contribution in [0.15, 0.2) is 47.8 Å². The molecule has 0 spiro atoms. The third-order valence-corrected chi connectivity index (χ3v) is 10.7. The Morgan fingerprint density at radius 1 is 0.800 bits per heavy atom. The number of amides is 8. The summed E-state index contributed by atoms with van der Waals surface area (Å²) in [7, 11) is 0. The number of carboxylic acid groups (broad SMARTS) is 1. The first-order chi connectivity index (χ1) is 30.9. The third-order valence-electron chi connectivity index (χ3n) is 10.0. The number of carboxylic acids is 1. The minimum Gasteiger partial charge on any atom is -0.480 e. The molecule has 0 bridgehead atoms. The number of nitrogens with two attached hydrogens (primary N) is 4. The van der Waals surface area contributed by atoms with Gasteiger partial charge in [0.05, 0.1) is 12.4 Å². The number of benzene rings is 1. The molecule has 0 saturated carbocycles. The monoisotopic (exact) mass is 946 g/mol. The van der Waals surface area contributed by atoms with Crippen molar-refractivity contribution in [2.45, 2.75) is 93.7 Å². The third kappa shape index (κ3) is 17.9. The van der Waals surface area contributed by atoms with Crippen LogP contribution in [0.5, 0.6) is 0 Å². The van der Waals surface area contributed by atoms with E-state index in [1.807, 2.05) is 0 Å². The average Bonchev–Trinajstić information content (AvgIpc) is 3.99. The molecule has 2 aromatic rings. The Balaban J connectivity index is 1.78. The van der Waals surface area contributed by atoms with Gasteiger partial charge in [-0.2, -0.15) is 25.3 Å². The molecule has 0 unspecified atom stereocenters. The largest absolute Gasteiger partial charge is 0.480 e. The molecule has 1 aliphatic rings. The Labute approximate surface area is 385 Å². The van der Waals surface area contributed by atoms with Gasteiger partial charge in [-0.3, -0.25) is 48.1 Å². The molecular weight excluding hydrogens is 889 g/mol. The molecule has 3 rings (SSSR count). The number of nitrogens with zero attached hydrogens (tertiary/aromatic N) is 3. The van der Waals surface area contributed by atoms with E-state index in [1.165, 1.54) is 17.4 Å². The molecule has 24 nitrogen and oxygen atoms in total. The molecule has 7 atom stereocenters. The minimum absolute atomic E-state index is 0.0927. The molecule has 1 aliphatic heterocycles. The number of hydrogen-bond acceptors (Lipinski definition) is 14. The van der Waals surface area contributed by atoms with Crippen LogP contribution in [0.3, 0.4) is 0 Å². The number of likely N-dealkylation sites (tertiary alicyclic amines) is 1. The number of aliphatic carboxylic acids is 1. The van der Waals surface area contributed by atoms with Gasteiger partial charge in [0.15, 0.2) is 5.96 Å². The smallest absolute Gasteiger partial charge is 0.322 e. The summed E-state index contributed by atoms with van der Waals surface area (Å²) >= 11 is 8.53. The van der Waals surface area contributed by atoms with Crippen molar-refractivity contribution in [3.63, 3.8) is 0 Å². The SMILES string of the molecule is NC(=O)CC[C@H](NC(=O)[C@H](Cc1cnc[nH]1)NC(=O)[C@H](Cc1ccccc1)NC(=O)[C@H](CS)NC(=O)[C@@H]1CCCN1C(=O)[C@H](CS)NC(=O)[C@@H](N)CCCN=C(N)N)C(=O)NCC(=O)O. The number of primary amides is 1. The maximum atomic E-state index is 14.2. The van der Waals surface area contributed by atoms with E-state index in [0.717, 1.165) is 0 Å². The van der Waals surface area contributed by atoms with E-state index < -0.39 is 102 Å². The maximum absolute atomic E-state index is 14.2. The number of nitrogens with one attached hydrogen (secondary N) is 7. The van der Waals surface area contributed by atoms with Gasteiger partial charge in [0.2, 0.25) is 47.3 Å². The normalized spacial score (nSPS) is 16.0. The van der Waals surface area contributed by atoms with Crippen LogP contribution in [0, 0.1) is 0 Å². The predicted octanol–water partition coefficient (Wildman–Crippen LogP) is -4.68. The zero-order valence-corrected chi connectivity index (χ0v) is 37.2. The molecule has 0 aliphatic carbocycles. The average molecular weight is 947 g/mol. The molecular formula is C39H58N14O10S2. The van der Waals surface area contributed by atoms with E-state index in [4.69, 9.17) is 28.0 Å². The number of hydrogen-bond donors (Lipinski definition) is 14. The van der Waals surface area contributed by atoms with Crippen molar-refractivity contribution in [1.29, 1.82) is 0 Å². The Morgan fingerprint density at radius 2 is 1.42 bits per heavy atom. The van der Waals surface area contributed by atoms with E-state index in [0.29, 0.717) is 24.1 Å². The standard InChI is InChI=1S/C39H58N14O10S2/c40-23(8-4-12-45-39(42)43)32(57)52-28(19-65)38(63)53-13-5-9-29(53)37(62)51-27(18-64)36(61)49-25(14-21-6-2-1-3-7-21)34(59)50-26(15-22-16-44-20-47-22)35(60)48-24(10-11-30(41)54)33(58)46-17-31(55)56/h1-3,6-7,16,20,23-29,64-65H,4-5,8-15,17-19,40H2,(H2,41,54)(H,44,47)(H,46,58)(H,48,60)(H,49,61)(H,50,59)(H,51,62)(H,52,57)(H,55,56)(H4,42,43,45)/t23-,24-,25-,26-,27-,28-,29-/m0/s1. The van der Waals surface area contributed by atoms with Crippen LogP contribution in [0.2, 0.25) is 0 Å². The van der Waals surface area contributed by atoms with Crippen molar-refractivity contribution in [1.82, 2.24) is 46.8 Å². The second kappa shape index (κ2) is 27.0. The second-order valence-electron chi connectivity index (χ2n) is 15.0. The summed E-state index contributed by atoms with van der Waals surface area (Å²) in [6.07, 6.45) is 3.10. The number of guanidine groups is 1. The van der Waals surface area contributed by atoms with E-state index in [1.54, 1.807) is 30.3 Å². The molecule has 2 heterocycles. The second-order valence-corrected chi connectivity index (χ2v) is 15.7. The van der Waals surface area contributed by atoms with Crippen LogP contribution in [0.4, 0.5) is 0 Å². The van der Waals surface area contributed by atoms with Crippen LogP contribution in [0.25, 0.3) is 0 Å². The fourth-order valence-electron chi connectivity index (χ4n) is 6.62. The van der Waals surface area contributed by atoms with Crippen molar-refractivity contribution in [3.05, 3.63) is 54.1 Å². The fraction of sp³-hybridized carbons (Fsp3) is 0.513. The molecule has 16 N–H and O–H groups in total. The lowest BCUT2D eigenvalue weighted by atomic mass is 10.0. The van der Waals surface area contributed by atoms with E-state index in [9.17, 15) is 43.2 Å². The molecule has 356 valence electrons. The van der Waals surface area contributed by atoms with Crippen LogP contribution in [-0.2, 0) is 56.0 Å². The van der Waals surface area contributed by atoms with Gasteiger partial charge in [-0.1, -0.05) is 30.3 Å². The maximum Gasteiger partial charge on any atom is 0.322 e. The zero-order valence-electron chi connectivity index (χ0n) is 35.4. The van der Waals surface area contributed by atoms with Gasteiger partial charge in [-0.15, -0.1) is 0 Å². The molecule has 0 radical (unpaired) electrons. The lowest BCUT2D eigenvalue weighted by Crippen LogP contribution is -2.60. The number of aliphatic imine (C=N–C) groups is 1. The summed E-state index contributed by atoms with van der Waals surface area (Å²) in [6.45, 7) is -0.352. The van der Waals surface area contributed by atoms with Crippen LogP contribution in [0.1, 0.15) is 49.8 Å². The Kier molecular flexibility index (Phi) is 22.0. The highest BCUT2D eigenvalue weighted by Gasteiger charge is 2.39. The first-order valence-corrected chi connectivity index (χ1v) is 21.8. The number of carbonyl (C=O) groups is 9. The molecule has 8 amide bonds. The van der Waals surface area contributed by atoms with Gasteiger partial charge in [-0.25, -0.2) is 4.98 Å². The highest BCUT2D eigenvalue weighted by atomic mass is 32.1. The summed E-state index contributed by atoms with van der Waals surface area (Å²) in [5, 5.41) is 24.1. The highest BCUT2D eigenvalue weighted by Crippen LogP contribution is 2.20. The van der Waals surface area contributed by atoms with E-state index in [-0.39, 0.29) is 69.1 Å². The van der Waals surface area contributed by atoms with Crippen LogP contribution >= 0.6 is 25.3 Å². The number of H-pyrrole nitrogens is 1. The Bertz CT molecular complexity index is 1990. The first kappa shape index (κ1) is 52.9. The van der Waals surface area contributed by atoms with Crippen molar-refractivity contribution in [2.75, 3.05) is 31.1 Å². The number of aromatic nitrogens is 2. The van der Waals surface area contributed by atoms with Crippen molar-refractivity contribution < 1.29 is 48.3 Å². The van der Waals surface area contributed by atoms with E-state index in [2.05, 4.69) is 72.1 Å². The molecule has 1 saturated heterocycles. The number of rotatable bonds is 27. The van der Waals surface area contributed by atoms with Gasteiger partial charge >= 0.3 is 5.97 Å². The zero-order chi connectivity index (χ0) is 48.1. The first-order valence-electron chi connectivity index (χ1n) is 20.6. The van der Waals surface area contributed by atoms with E-state index >= 15 is 0 Å². The highest BCUT2D eigenvalue weighted by molar-refractivity contribution is 7.80. The Hall–Kier alpha value is -6.41. The molecule has 65 heavy (non-hydrogen) atoms. The summed E-state index contributed by atoms with van der Waals surface area (Å²) in [6, 6.07) is -0.118. The van der Waals surface area contributed by atoms with Crippen molar-refractivity contribution >= 4 is 84.4 Å². The Morgan fingerprint density at radius 3 is 2.00 bits per heavy atom. The molecule has 1 aromatic carbocycles. The molecule has 1 aromatic heterocycles.